The second kappa shape index (κ2) is 6.07. The minimum atomic E-state index is -0.00297. The molecule has 2 N–H and O–H groups in total. The Morgan fingerprint density at radius 2 is 2.05 bits per heavy atom. The van der Waals surface area contributed by atoms with Gasteiger partial charge in [-0.2, -0.15) is 5.10 Å². The van der Waals surface area contributed by atoms with Crippen molar-refractivity contribution in [2.45, 2.75) is 12.5 Å². The lowest BCUT2D eigenvalue weighted by Crippen LogP contribution is -2.10. The number of phenols is 1. The van der Waals surface area contributed by atoms with Crippen molar-refractivity contribution in [1.82, 2.24) is 5.43 Å². The van der Waals surface area contributed by atoms with Crippen LogP contribution in [0.15, 0.2) is 41.5 Å². The number of halogens is 2. The predicted molar refractivity (Wildman–Crippen MR) is 88.2 cm³/mol. The summed E-state index contributed by atoms with van der Waals surface area (Å²) in [4.78, 5) is 0. The second-order valence-corrected chi connectivity index (χ2v) is 5.84. The molecule has 2 aromatic carbocycles. The van der Waals surface area contributed by atoms with Crippen LogP contribution in [-0.2, 0) is 0 Å². The fraction of sp³-hybridized carbons (Fsp3) is 0.188. The molecule has 0 spiro atoms. The Kier molecular flexibility index (Phi) is 4.14. The number of hydrazone groups is 1. The summed E-state index contributed by atoms with van der Waals surface area (Å²) in [6, 6.07) is 10.5. The van der Waals surface area contributed by atoms with Crippen LogP contribution >= 0.6 is 23.2 Å². The number of aromatic hydroxyl groups is 1. The summed E-state index contributed by atoms with van der Waals surface area (Å²) in [6.07, 6.45) is 0.635. The molecule has 1 aliphatic heterocycles. The summed E-state index contributed by atoms with van der Waals surface area (Å²) in [5.74, 6) is 0.801. The van der Waals surface area contributed by atoms with E-state index in [4.69, 9.17) is 27.9 Å². The molecule has 1 atom stereocenters. The third-order valence-electron chi connectivity index (χ3n) is 3.60. The van der Waals surface area contributed by atoms with Crippen molar-refractivity contribution in [3.05, 3.63) is 57.6 Å². The van der Waals surface area contributed by atoms with E-state index < -0.39 is 0 Å². The molecule has 2 aromatic rings. The lowest BCUT2D eigenvalue weighted by atomic mass is 9.98. The highest BCUT2D eigenvalue weighted by Gasteiger charge is 2.23. The van der Waals surface area contributed by atoms with E-state index in [1.807, 2.05) is 18.2 Å². The van der Waals surface area contributed by atoms with Crippen LogP contribution in [0.3, 0.4) is 0 Å². The molecular formula is C16H14Cl2N2O2. The topological polar surface area (TPSA) is 53.9 Å². The predicted octanol–water partition coefficient (Wildman–Crippen LogP) is 4.15. The van der Waals surface area contributed by atoms with Crippen molar-refractivity contribution in [3.63, 3.8) is 0 Å². The third kappa shape index (κ3) is 2.85. The smallest absolute Gasteiger partial charge is 0.137 e. The van der Waals surface area contributed by atoms with Gasteiger partial charge < -0.3 is 15.3 Å². The van der Waals surface area contributed by atoms with Crippen molar-refractivity contribution in [2.24, 2.45) is 5.10 Å². The van der Waals surface area contributed by atoms with Crippen molar-refractivity contribution in [2.75, 3.05) is 7.11 Å². The van der Waals surface area contributed by atoms with E-state index in [1.165, 1.54) is 0 Å². The van der Waals surface area contributed by atoms with Crippen LogP contribution in [-0.4, -0.2) is 17.9 Å². The fourth-order valence-electron chi connectivity index (χ4n) is 2.44. The molecule has 1 heterocycles. The molecule has 0 unspecified atom stereocenters. The average Bonchev–Trinajstić information content (AvgIpc) is 2.99. The summed E-state index contributed by atoms with van der Waals surface area (Å²) in [5, 5.41) is 15.4. The van der Waals surface area contributed by atoms with E-state index >= 15 is 0 Å². The van der Waals surface area contributed by atoms with Gasteiger partial charge in [0.05, 0.1) is 23.9 Å². The van der Waals surface area contributed by atoms with Gasteiger partial charge in [0.2, 0.25) is 0 Å². The van der Waals surface area contributed by atoms with Crippen LogP contribution < -0.4 is 10.2 Å². The number of phenolic OH excluding ortho intramolecular Hbond substituents is 1. The van der Waals surface area contributed by atoms with E-state index in [0.29, 0.717) is 27.8 Å². The maximum absolute atomic E-state index is 9.96. The average molecular weight is 337 g/mol. The molecule has 0 radical (unpaired) electrons. The zero-order valence-corrected chi connectivity index (χ0v) is 13.3. The third-order valence-corrected chi connectivity index (χ3v) is 4.13. The zero-order chi connectivity index (χ0) is 15.7. The summed E-state index contributed by atoms with van der Waals surface area (Å²) in [5.41, 5.74) is 5.47. The van der Waals surface area contributed by atoms with Gasteiger partial charge in [-0.15, -0.1) is 0 Å². The van der Waals surface area contributed by atoms with Gasteiger partial charge >= 0.3 is 0 Å². The minimum Gasteiger partial charge on any atom is -0.507 e. The van der Waals surface area contributed by atoms with Gasteiger partial charge in [0, 0.05) is 17.0 Å². The van der Waals surface area contributed by atoms with Crippen molar-refractivity contribution >= 4 is 28.9 Å². The quantitative estimate of drug-likeness (QED) is 0.885. The standard InChI is InChI=1S/C16H14Cl2N2O2/c1-22-16-5-2-9(6-12(16)18)13-8-14(20-19-13)11-7-10(17)3-4-15(11)21/h2-7,13,19,21H,8H2,1H3/t13-/m0/s1. The van der Waals surface area contributed by atoms with Crippen LogP contribution in [0.4, 0.5) is 0 Å². The molecule has 3 rings (SSSR count). The number of hydrogen-bond acceptors (Lipinski definition) is 4. The first kappa shape index (κ1) is 15.0. The Morgan fingerprint density at radius 1 is 1.23 bits per heavy atom. The molecule has 0 saturated carbocycles. The summed E-state index contributed by atoms with van der Waals surface area (Å²) in [6.45, 7) is 0. The van der Waals surface area contributed by atoms with Gasteiger partial charge in [0.1, 0.15) is 11.5 Å². The molecule has 0 aromatic heterocycles. The van der Waals surface area contributed by atoms with Crippen molar-refractivity contribution in [3.8, 4) is 11.5 Å². The first-order valence-corrected chi connectivity index (χ1v) is 7.48. The fourth-order valence-corrected chi connectivity index (χ4v) is 2.88. The number of ether oxygens (including phenoxy) is 1. The van der Waals surface area contributed by atoms with Gasteiger partial charge in [0.15, 0.2) is 0 Å². The van der Waals surface area contributed by atoms with E-state index in [-0.39, 0.29) is 11.8 Å². The van der Waals surface area contributed by atoms with Gasteiger partial charge in [-0.1, -0.05) is 29.3 Å². The Bertz CT molecular complexity index is 747. The van der Waals surface area contributed by atoms with Crippen LogP contribution in [0.1, 0.15) is 23.6 Å². The van der Waals surface area contributed by atoms with Gasteiger partial charge in [-0.25, -0.2) is 0 Å². The minimum absolute atomic E-state index is 0.00297. The molecule has 6 heteroatoms. The largest absolute Gasteiger partial charge is 0.507 e. The number of hydrogen-bond donors (Lipinski definition) is 2. The van der Waals surface area contributed by atoms with E-state index in [0.717, 1.165) is 11.3 Å². The molecule has 0 bridgehead atoms. The number of methoxy groups -OCH3 is 1. The maximum Gasteiger partial charge on any atom is 0.137 e. The summed E-state index contributed by atoms with van der Waals surface area (Å²) < 4.78 is 5.15. The highest BCUT2D eigenvalue weighted by molar-refractivity contribution is 6.32. The molecule has 114 valence electrons. The highest BCUT2D eigenvalue weighted by atomic mass is 35.5. The number of nitrogens with zero attached hydrogens (tertiary/aromatic N) is 1. The SMILES string of the molecule is COc1ccc([C@@H]2CC(c3cc(Cl)ccc3O)=NN2)cc1Cl. The monoisotopic (exact) mass is 336 g/mol. The van der Waals surface area contributed by atoms with Crippen LogP contribution in [0.25, 0.3) is 0 Å². The molecule has 0 aliphatic carbocycles. The summed E-state index contributed by atoms with van der Waals surface area (Å²) >= 11 is 12.1. The molecular weight excluding hydrogens is 323 g/mol. The van der Waals surface area contributed by atoms with Crippen LogP contribution in [0, 0.1) is 0 Å². The van der Waals surface area contributed by atoms with Crippen molar-refractivity contribution in [1.29, 1.82) is 0 Å². The number of nitrogens with one attached hydrogen (secondary N) is 1. The Balaban J connectivity index is 1.82. The van der Waals surface area contributed by atoms with Gasteiger partial charge in [-0.05, 0) is 35.9 Å². The number of rotatable bonds is 3. The normalized spacial score (nSPS) is 17.0. The van der Waals surface area contributed by atoms with Gasteiger partial charge in [-0.3, -0.25) is 0 Å². The second-order valence-electron chi connectivity index (χ2n) is 5.00. The van der Waals surface area contributed by atoms with Gasteiger partial charge in [0.25, 0.3) is 0 Å². The molecule has 4 nitrogen and oxygen atoms in total. The van der Waals surface area contributed by atoms with E-state index in [9.17, 15) is 5.11 Å². The Labute approximate surface area is 138 Å². The lowest BCUT2D eigenvalue weighted by Gasteiger charge is -2.12. The van der Waals surface area contributed by atoms with Crippen LogP contribution in [0.2, 0.25) is 10.0 Å². The van der Waals surface area contributed by atoms with E-state index in [2.05, 4.69) is 10.5 Å². The maximum atomic E-state index is 9.96. The number of benzene rings is 2. The lowest BCUT2D eigenvalue weighted by molar-refractivity contribution is 0.414. The molecule has 0 amide bonds. The molecule has 0 fully saturated rings. The Morgan fingerprint density at radius 3 is 2.77 bits per heavy atom. The zero-order valence-electron chi connectivity index (χ0n) is 11.8. The first-order valence-electron chi connectivity index (χ1n) is 6.73. The van der Waals surface area contributed by atoms with E-state index in [1.54, 1.807) is 25.3 Å². The highest BCUT2D eigenvalue weighted by Crippen LogP contribution is 2.33. The Hall–Kier alpha value is -1.91. The molecule has 0 saturated heterocycles. The van der Waals surface area contributed by atoms with Crippen LogP contribution in [0.5, 0.6) is 11.5 Å². The summed E-state index contributed by atoms with van der Waals surface area (Å²) in [7, 11) is 1.58. The first-order chi connectivity index (χ1) is 10.6. The molecule has 1 aliphatic rings. The molecule has 22 heavy (non-hydrogen) atoms. The van der Waals surface area contributed by atoms with Crippen molar-refractivity contribution < 1.29 is 9.84 Å².